The third-order valence-corrected chi connectivity index (χ3v) is 6.62. The molecule has 2 aromatic carbocycles. The van der Waals surface area contributed by atoms with E-state index in [1.165, 1.54) is 0 Å². The lowest BCUT2D eigenvalue weighted by atomic mass is 9.68. The molecule has 1 unspecified atom stereocenters. The quantitative estimate of drug-likeness (QED) is 0.685. The zero-order valence-corrected chi connectivity index (χ0v) is 18.3. The summed E-state index contributed by atoms with van der Waals surface area (Å²) in [6, 6.07) is 15.1. The molecule has 160 valence electrons. The number of ether oxygens (including phenoxy) is 1. The fourth-order valence-electron chi connectivity index (χ4n) is 5.06. The molecule has 0 radical (unpaired) electrons. The van der Waals surface area contributed by atoms with Gasteiger partial charge in [0.05, 0.1) is 30.4 Å². The second kappa shape index (κ2) is 7.33. The van der Waals surface area contributed by atoms with Gasteiger partial charge >= 0.3 is 0 Å². The van der Waals surface area contributed by atoms with Gasteiger partial charge < -0.3 is 9.64 Å². The Labute approximate surface area is 183 Å². The minimum Gasteiger partial charge on any atom is -0.497 e. The molecule has 3 aliphatic rings. The zero-order valence-electron chi connectivity index (χ0n) is 18.3. The molecular weight excluding hydrogens is 388 g/mol. The van der Waals surface area contributed by atoms with E-state index in [-0.39, 0.29) is 23.0 Å². The molecule has 2 saturated carbocycles. The van der Waals surface area contributed by atoms with Crippen molar-refractivity contribution in [1.82, 2.24) is 0 Å². The number of hydrogen-bond donors (Lipinski definition) is 0. The van der Waals surface area contributed by atoms with Crippen LogP contribution < -0.4 is 9.64 Å². The fourth-order valence-corrected chi connectivity index (χ4v) is 5.06. The summed E-state index contributed by atoms with van der Waals surface area (Å²) in [5.74, 6) is 0.544. The molecule has 1 heterocycles. The molecule has 31 heavy (non-hydrogen) atoms. The van der Waals surface area contributed by atoms with Crippen molar-refractivity contribution in [2.75, 3.05) is 12.0 Å². The van der Waals surface area contributed by atoms with Crippen LogP contribution in [0.2, 0.25) is 0 Å². The Morgan fingerprint density at radius 3 is 2.61 bits per heavy atom. The first-order valence-corrected chi connectivity index (χ1v) is 11.0. The minimum atomic E-state index is -0.449. The average Bonchev–Trinajstić information content (AvgIpc) is 3.58. The summed E-state index contributed by atoms with van der Waals surface area (Å²) in [7, 11) is 1.63. The van der Waals surface area contributed by atoms with Crippen LogP contribution in [0.15, 0.2) is 53.5 Å². The van der Waals surface area contributed by atoms with E-state index in [4.69, 9.17) is 9.73 Å². The van der Waals surface area contributed by atoms with Crippen molar-refractivity contribution < 1.29 is 14.3 Å². The highest BCUT2D eigenvalue weighted by Crippen LogP contribution is 2.50. The lowest BCUT2D eigenvalue weighted by molar-refractivity contribution is -0.125. The van der Waals surface area contributed by atoms with Crippen molar-refractivity contribution in [3.8, 4) is 5.75 Å². The molecule has 0 bridgehead atoms. The van der Waals surface area contributed by atoms with Crippen LogP contribution in [0, 0.1) is 17.3 Å². The van der Waals surface area contributed by atoms with E-state index in [0.29, 0.717) is 6.42 Å². The normalized spacial score (nSPS) is 24.5. The predicted molar refractivity (Wildman–Crippen MR) is 121 cm³/mol. The van der Waals surface area contributed by atoms with Crippen LogP contribution in [0.5, 0.6) is 5.75 Å². The van der Waals surface area contributed by atoms with Gasteiger partial charge in [-0.25, -0.2) is 0 Å². The molecule has 5 rings (SSSR count). The maximum absolute atomic E-state index is 13.7. The van der Waals surface area contributed by atoms with Gasteiger partial charge in [0.25, 0.3) is 0 Å². The van der Waals surface area contributed by atoms with E-state index < -0.39 is 12.0 Å². The molecule has 2 atom stereocenters. The van der Waals surface area contributed by atoms with Crippen LogP contribution in [-0.2, 0) is 9.59 Å². The molecule has 1 amide bonds. The Hall–Kier alpha value is -2.95. The van der Waals surface area contributed by atoms with Crippen molar-refractivity contribution >= 4 is 28.8 Å². The smallest absolute Gasteiger partial charge is 0.230 e. The van der Waals surface area contributed by atoms with Gasteiger partial charge in [0.1, 0.15) is 11.5 Å². The van der Waals surface area contributed by atoms with Gasteiger partial charge in [-0.05, 0) is 54.5 Å². The van der Waals surface area contributed by atoms with Crippen molar-refractivity contribution in [2.24, 2.45) is 22.2 Å². The number of para-hydroxylation sites is 2. The summed E-state index contributed by atoms with van der Waals surface area (Å²) in [6.07, 6.45) is 3.03. The Kier molecular flexibility index (Phi) is 4.72. The number of anilines is 1. The molecule has 5 heteroatoms. The number of methoxy groups -OCH3 is 1. The van der Waals surface area contributed by atoms with Crippen molar-refractivity contribution in [2.45, 2.75) is 45.6 Å². The van der Waals surface area contributed by atoms with Gasteiger partial charge in [-0.15, -0.1) is 0 Å². The first-order chi connectivity index (χ1) is 14.9. The molecule has 1 aliphatic heterocycles. The number of benzene rings is 2. The highest BCUT2D eigenvalue weighted by molar-refractivity contribution is 6.13. The third kappa shape index (κ3) is 3.56. The maximum Gasteiger partial charge on any atom is 0.230 e. The number of carbonyl (C=O) groups excluding carboxylic acids is 2. The van der Waals surface area contributed by atoms with Crippen molar-refractivity contribution in [1.29, 1.82) is 0 Å². The first-order valence-electron chi connectivity index (χ1n) is 11.0. The number of Topliss-reactive ketones (excluding diaryl/α,β-unsaturated/α-hetero) is 1. The molecule has 2 fully saturated rings. The maximum atomic E-state index is 13.7. The highest BCUT2D eigenvalue weighted by atomic mass is 16.5. The summed E-state index contributed by atoms with van der Waals surface area (Å²) in [4.78, 5) is 34.1. The second-order valence-electron chi connectivity index (χ2n) is 9.76. The molecule has 5 nitrogen and oxygen atoms in total. The fraction of sp³-hybridized carbons (Fsp3) is 0.423. The third-order valence-electron chi connectivity index (χ3n) is 6.62. The van der Waals surface area contributed by atoms with E-state index in [1.807, 2.05) is 53.4 Å². The molecule has 0 aromatic heterocycles. The Morgan fingerprint density at radius 1 is 1.10 bits per heavy atom. The topological polar surface area (TPSA) is 59.0 Å². The van der Waals surface area contributed by atoms with Gasteiger partial charge in [0.2, 0.25) is 5.91 Å². The van der Waals surface area contributed by atoms with Gasteiger partial charge in [0.15, 0.2) is 0 Å². The Bertz CT molecular complexity index is 1080. The van der Waals surface area contributed by atoms with Crippen molar-refractivity contribution in [3.05, 3.63) is 54.1 Å². The van der Waals surface area contributed by atoms with Crippen LogP contribution in [0.4, 0.5) is 11.4 Å². The van der Waals surface area contributed by atoms with Crippen LogP contribution >= 0.6 is 0 Å². The largest absolute Gasteiger partial charge is 0.497 e. The van der Waals surface area contributed by atoms with E-state index in [1.54, 1.807) is 7.11 Å². The van der Waals surface area contributed by atoms with Crippen LogP contribution in [0.25, 0.3) is 0 Å². The summed E-state index contributed by atoms with van der Waals surface area (Å²) in [6.45, 7) is 4.24. The van der Waals surface area contributed by atoms with Crippen LogP contribution in [-0.4, -0.2) is 24.5 Å². The van der Waals surface area contributed by atoms with E-state index in [2.05, 4.69) is 13.8 Å². The Balaban J connectivity index is 1.75. The zero-order chi connectivity index (χ0) is 21.8. The van der Waals surface area contributed by atoms with Gasteiger partial charge in [-0.1, -0.05) is 38.1 Å². The van der Waals surface area contributed by atoms with Crippen molar-refractivity contribution in [3.63, 3.8) is 0 Å². The first kappa shape index (κ1) is 20.0. The number of nitrogens with zero attached hydrogens (tertiary/aromatic N) is 2. The van der Waals surface area contributed by atoms with Crippen LogP contribution in [0.1, 0.15) is 51.1 Å². The van der Waals surface area contributed by atoms with E-state index >= 15 is 0 Å². The summed E-state index contributed by atoms with van der Waals surface area (Å²) < 4.78 is 5.48. The molecule has 0 spiro atoms. The SMILES string of the molecule is COc1cccc([C@@H]2C3C(=O)CC(C)(C)CC3=Nc3ccccc3N2C(=O)C2CC2)c1. The number of rotatable bonds is 3. The number of carbonyl (C=O) groups is 2. The summed E-state index contributed by atoms with van der Waals surface area (Å²) in [5.41, 5.74) is 3.21. The number of aliphatic imine (C=N–C) groups is 1. The monoisotopic (exact) mass is 416 g/mol. The summed E-state index contributed by atoms with van der Waals surface area (Å²) >= 11 is 0. The standard InChI is InChI=1S/C26H28N2O3/c1-26(2)14-20-23(22(29)15-26)24(17-7-6-8-18(13-17)31-3)28(25(30)16-11-12-16)21-10-5-4-9-19(21)27-20/h4-10,13,16,23-24H,11-12,14-15H2,1-3H3/t23?,24-/m1/s1. The van der Waals surface area contributed by atoms with Gasteiger partial charge in [-0.3, -0.25) is 14.6 Å². The lowest BCUT2D eigenvalue weighted by Gasteiger charge is -2.41. The highest BCUT2D eigenvalue weighted by Gasteiger charge is 2.49. The molecule has 2 aliphatic carbocycles. The lowest BCUT2D eigenvalue weighted by Crippen LogP contribution is -2.47. The Morgan fingerprint density at radius 2 is 1.87 bits per heavy atom. The number of hydrogen-bond acceptors (Lipinski definition) is 4. The minimum absolute atomic E-state index is 0.0258. The number of fused-ring (bicyclic) bond motifs is 2. The van der Waals surface area contributed by atoms with Gasteiger partial charge in [-0.2, -0.15) is 0 Å². The second-order valence-corrected chi connectivity index (χ2v) is 9.76. The summed E-state index contributed by atoms with van der Waals surface area (Å²) in [5, 5.41) is 0. The van der Waals surface area contributed by atoms with Crippen LogP contribution in [0.3, 0.4) is 0 Å². The molecule has 2 aromatic rings. The predicted octanol–water partition coefficient (Wildman–Crippen LogP) is 5.27. The van der Waals surface area contributed by atoms with Gasteiger partial charge in [0, 0.05) is 18.1 Å². The molecular formula is C26H28N2O3. The van der Waals surface area contributed by atoms with E-state index in [0.717, 1.165) is 47.7 Å². The van der Waals surface area contributed by atoms with E-state index in [9.17, 15) is 9.59 Å². The number of ketones is 1. The number of amides is 1. The molecule has 0 saturated heterocycles. The molecule has 0 N–H and O–H groups in total. The average molecular weight is 417 g/mol.